The van der Waals surface area contributed by atoms with Crippen LogP contribution in [-0.2, 0) is 0 Å². The Morgan fingerprint density at radius 1 is 1.33 bits per heavy atom. The Morgan fingerprint density at radius 3 is 2.81 bits per heavy atom. The van der Waals surface area contributed by atoms with Gasteiger partial charge in [-0.05, 0) is 23.8 Å². The lowest BCUT2D eigenvalue weighted by Gasteiger charge is -2.24. The Kier molecular flexibility index (Phi) is 4.12. The van der Waals surface area contributed by atoms with Gasteiger partial charge in [-0.25, -0.2) is 4.39 Å². The molecule has 1 unspecified atom stereocenters. The summed E-state index contributed by atoms with van der Waals surface area (Å²) >= 11 is 7.55. The third kappa shape index (κ3) is 2.89. The highest BCUT2D eigenvalue weighted by Crippen LogP contribution is 2.39. The molecule has 1 atom stereocenters. The summed E-state index contributed by atoms with van der Waals surface area (Å²) in [4.78, 5) is 17.9. The quantitative estimate of drug-likeness (QED) is 0.844. The van der Waals surface area contributed by atoms with Crippen molar-refractivity contribution < 1.29 is 9.18 Å². The molecule has 1 amide bonds. The number of carbonyl (C=O) groups is 1. The molecule has 2 aromatic rings. The monoisotopic (exact) mass is 322 g/mol. The van der Waals surface area contributed by atoms with Crippen LogP contribution in [0.2, 0.25) is 5.02 Å². The summed E-state index contributed by atoms with van der Waals surface area (Å²) in [5.74, 6) is -0.0692. The summed E-state index contributed by atoms with van der Waals surface area (Å²) in [6.45, 7) is 0.596. The van der Waals surface area contributed by atoms with E-state index in [9.17, 15) is 9.18 Å². The number of rotatable bonds is 2. The summed E-state index contributed by atoms with van der Waals surface area (Å²) < 4.78 is 13.7. The van der Waals surface area contributed by atoms with Gasteiger partial charge in [-0.3, -0.25) is 9.78 Å². The first kappa shape index (κ1) is 14.4. The van der Waals surface area contributed by atoms with Crippen molar-refractivity contribution >= 4 is 29.3 Å². The first-order chi connectivity index (χ1) is 10.2. The van der Waals surface area contributed by atoms with E-state index in [1.54, 1.807) is 28.8 Å². The summed E-state index contributed by atoms with van der Waals surface area (Å²) in [5, 5.41) is 0.544. The molecule has 1 saturated heterocycles. The van der Waals surface area contributed by atoms with Gasteiger partial charge in [0.15, 0.2) is 5.82 Å². The molecule has 0 aliphatic carbocycles. The third-order valence-corrected chi connectivity index (χ3v) is 4.82. The lowest BCUT2D eigenvalue weighted by molar-refractivity contribution is 0.0755. The van der Waals surface area contributed by atoms with Crippen LogP contribution >= 0.6 is 23.4 Å². The zero-order valence-electron chi connectivity index (χ0n) is 11.0. The van der Waals surface area contributed by atoms with Crippen LogP contribution in [-0.4, -0.2) is 28.1 Å². The number of nitrogens with zero attached hydrogens (tertiary/aromatic N) is 2. The Bertz CT molecular complexity index is 665. The standard InChI is InChI=1S/C15H12ClFN2OS/c16-11-3-1-10(2-4-11)15-19(7-8-21-15)14(20)12-5-6-18-9-13(12)17/h1-6,9,15H,7-8H2. The van der Waals surface area contributed by atoms with E-state index in [4.69, 9.17) is 11.6 Å². The maximum absolute atomic E-state index is 13.7. The topological polar surface area (TPSA) is 33.2 Å². The van der Waals surface area contributed by atoms with Gasteiger partial charge in [-0.15, -0.1) is 11.8 Å². The highest BCUT2D eigenvalue weighted by atomic mass is 35.5. The largest absolute Gasteiger partial charge is 0.322 e. The van der Waals surface area contributed by atoms with E-state index in [1.165, 1.54) is 12.3 Å². The first-order valence-electron chi connectivity index (χ1n) is 6.44. The number of hydrogen-bond acceptors (Lipinski definition) is 3. The second-order valence-electron chi connectivity index (χ2n) is 4.63. The molecule has 1 aliphatic rings. The van der Waals surface area contributed by atoms with Crippen LogP contribution in [0, 0.1) is 5.82 Å². The van der Waals surface area contributed by atoms with Crippen molar-refractivity contribution in [3.8, 4) is 0 Å². The average molecular weight is 323 g/mol. The molecule has 3 nitrogen and oxygen atoms in total. The maximum Gasteiger partial charge on any atom is 0.258 e. The van der Waals surface area contributed by atoms with Crippen molar-refractivity contribution in [2.45, 2.75) is 5.37 Å². The predicted molar refractivity (Wildman–Crippen MR) is 81.9 cm³/mol. The van der Waals surface area contributed by atoms with E-state index in [0.717, 1.165) is 17.5 Å². The molecule has 108 valence electrons. The van der Waals surface area contributed by atoms with E-state index >= 15 is 0 Å². The highest BCUT2D eigenvalue weighted by Gasteiger charge is 2.32. The highest BCUT2D eigenvalue weighted by molar-refractivity contribution is 7.99. The van der Waals surface area contributed by atoms with E-state index < -0.39 is 5.82 Å². The van der Waals surface area contributed by atoms with E-state index in [2.05, 4.69) is 4.98 Å². The number of aromatic nitrogens is 1. The van der Waals surface area contributed by atoms with Crippen LogP contribution in [0.15, 0.2) is 42.7 Å². The van der Waals surface area contributed by atoms with Crippen molar-refractivity contribution in [1.29, 1.82) is 0 Å². The Labute approximate surface area is 131 Å². The van der Waals surface area contributed by atoms with Gasteiger partial charge in [0.2, 0.25) is 0 Å². The molecular weight excluding hydrogens is 311 g/mol. The minimum atomic E-state index is -0.589. The second kappa shape index (κ2) is 6.03. The molecule has 1 fully saturated rings. The molecule has 6 heteroatoms. The fourth-order valence-electron chi connectivity index (χ4n) is 2.28. The normalized spacial score (nSPS) is 18.0. The SMILES string of the molecule is O=C(c1ccncc1F)N1CCSC1c1ccc(Cl)cc1. The zero-order chi connectivity index (χ0) is 14.8. The fraction of sp³-hybridized carbons (Fsp3) is 0.200. The molecule has 1 aromatic heterocycles. The summed E-state index contributed by atoms with van der Waals surface area (Å²) in [6, 6.07) is 8.81. The number of thioether (sulfide) groups is 1. The maximum atomic E-state index is 13.7. The van der Waals surface area contributed by atoms with E-state index in [0.29, 0.717) is 11.6 Å². The Morgan fingerprint density at radius 2 is 2.10 bits per heavy atom. The number of amides is 1. The molecular formula is C15H12ClFN2OS. The minimum Gasteiger partial charge on any atom is -0.322 e. The molecule has 0 spiro atoms. The van der Waals surface area contributed by atoms with Crippen LogP contribution in [0.3, 0.4) is 0 Å². The summed E-state index contributed by atoms with van der Waals surface area (Å²) in [5.41, 5.74) is 1.05. The van der Waals surface area contributed by atoms with Crippen molar-refractivity contribution in [3.63, 3.8) is 0 Å². The van der Waals surface area contributed by atoms with Crippen molar-refractivity contribution in [2.75, 3.05) is 12.3 Å². The lowest BCUT2D eigenvalue weighted by atomic mass is 10.1. The van der Waals surface area contributed by atoms with Crippen LogP contribution < -0.4 is 0 Å². The summed E-state index contributed by atoms with van der Waals surface area (Å²) in [7, 11) is 0. The van der Waals surface area contributed by atoms with Crippen LogP contribution in [0.5, 0.6) is 0 Å². The van der Waals surface area contributed by atoms with Gasteiger partial charge < -0.3 is 4.90 Å². The average Bonchev–Trinajstić information content (AvgIpc) is 2.97. The molecule has 21 heavy (non-hydrogen) atoms. The predicted octanol–water partition coefficient (Wildman–Crippen LogP) is 3.76. The molecule has 0 bridgehead atoms. The molecule has 1 aromatic carbocycles. The number of pyridine rings is 1. The third-order valence-electron chi connectivity index (χ3n) is 3.31. The lowest BCUT2D eigenvalue weighted by Crippen LogP contribution is -2.31. The van der Waals surface area contributed by atoms with Crippen LogP contribution in [0.25, 0.3) is 0 Å². The number of halogens is 2. The van der Waals surface area contributed by atoms with Crippen LogP contribution in [0.4, 0.5) is 4.39 Å². The second-order valence-corrected chi connectivity index (χ2v) is 6.25. The van der Waals surface area contributed by atoms with Crippen molar-refractivity contribution in [2.24, 2.45) is 0 Å². The number of benzene rings is 1. The van der Waals surface area contributed by atoms with Gasteiger partial charge in [-0.2, -0.15) is 0 Å². The van der Waals surface area contributed by atoms with Crippen molar-refractivity contribution in [1.82, 2.24) is 9.88 Å². The zero-order valence-corrected chi connectivity index (χ0v) is 12.6. The van der Waals surface area contributed by atoms with Crippen molar-refractivity contribution in [3.05, 3.63) is 64.7 Å². The van der Waals surface area contributed by atoms with Gasteiger partial charge in [-0.1, -0.05) is 23.7 Å². The van der Waals surface area contributed by atoms with Gasteiger partial charge in [0, 0.05) is 23.5 Å². The Balaban J connectivity index is 1.89. The minimum absolute atomic E-state index is 0.0615. The molecule has 0 saturated carbocycles. The summed E-state index contributed by atoms with van der Waals surface area (Å²) in [6.07, 6.45) is 2.49. The van der Waals surface area contributed by atoms with Gasteiger partial charge in [0.25, 0.3) is 5.91 Å². The van der Waals surface area contributed by atoms with E-state index in [1.807, 2.05) is 12.1 Å². The smallest absolute Gasteiger partial charge is 0.258 e. The molecule has 2 heterocycles. The number of carbonyl (C=O) groups excluding carboxylic acids is 1. The molecule has 3 rings (SSSR count). The van der Waals surface area contributed by atoms with Gasteiger partial charge in [0.05, 0.1) is 11.8 Å². The Hall–Kier alpha value is -1.59. The number of hydrogen-bond donors (Lipinski definition) is 0. The fourth-order valence-corrected chi connectivity index (χ4v) is 3.67. The molecule has 0 radical (unpaired) electrons. The first-order valence-corrected chi connectivity index (χ1v) is 7.87. The van der Waals surface area contributed by atoms with E-state index in [-0.39, 0.29) is 16.8 Å². The van der Waals surface area contributed by atoms with Gasteiger partial charge in [0.1, 0.15) is 5.37 Å². The molecule has 0 N–H and O–H groups in total. The van der Waals surface area contributed by atoms with Gasteiger partial charge >= 0.3 is 0 Å². The van der Waals surface area contributed by atoms with Crippen LogP contribution in [0.1, 0.15) is 21.3 Å². The molecule has 1 aliphatic heterocycles.